The minimum Gasteiger partial charge on any atom is -0.355 e. The minimum absolute atomic E-state index is 0. The fraction of sp³-hybridized carbons (Fsp3) is 0.500. The monoisotopic (exact) mass is 347 g/mol. The summed E-state index contributed by atoms with van der Waals surface area (Å²) in [5.74, 6) is -0.0226. The zero-order valence-electron chi connectivity index (χ0n) is 12.2. The van der Waals surface area contributed by atoms with Gasteiger partial charge in [0.25, 0.3) is 0 Å². The number of hydrogen-bond donors (Lipinski definition) is 3. The maximum atomic E-state index is 11.9. The number of piperidine rings is 1. The number of amides is 1. The SMILES string of the molecule is Cl.O=C(NCCNS(=O)(=O)c1ccccc1)C1CCCNC1. The molecule has 0 radical (unpaired) electrons. The summed E-state index contributed by atoms with van der Waals surface area (Å²) >= 11 is 0. The van der Waals surface area contributed by atoms with Crippen LogP contribution in [0.2, 0.25) is 0 Å². The standard InChI is InChI=1S/C14H21N3O3S.ClH/c18-14(12-5-4-8-15-11-12)16-9-10-17-21(19,20)13-6-2-1-3-7-13;/h1-3,6-7,12,15,17H,4-5,8-11H2,(H,16,18);1H. The fourth-order valence-electron chi connectivity index (χ4n) is 2.27. The second-order valence-corrected chi connectivity index (χ2v) is 6.81. The topological polar surface area (TPSA) is 87.3 Å². The van der Waals surface area contributed by atoms with Crippen LogP contribution in [0.1, 0.15) is 12.8 Å². The highest BCUT2D eigenvalue weighted by Gasteiger charge is 2.20. The van der Waals surface area contributed by atoms with Crippen LogP contribution in [0.3, 0.4) is 0 Å². The van der Waals surface area contributed by atoms with Crippen LogP contribution in [0.4, 0.5) is 0 Å². The number of halogens is 1. The molecule has 8 heteroatoms. The van der Waals surface area contributed by atoms with Gasteiger partial charge in [0.2, 0.25) is 15.9 Å². The Kier molecular flexibility index (Phi) is 7.81. The van der Waals surface area contributed by atoms with Crippen molar-refractivity contribution in [3.05, 3.63) is 30.3 Å². The van der Waals surface area contributed by atoms with E-state index in [1.807, 2.05) is 0 Å². The first kappa shape index (κ1) is 18.9. The zero-order valence-corrected chi connectivity index (χ0v) is 13.9. The molecular formula is C14H22ClN3O3S. The number of rotatable bonds is 6. The average molecular weight is 348 g/mol. The molecule has 1 unspecified atom stereocenters. The van der Waals surface area contributed by atoms with Gasteiger partial charge in [-0.2, -0.15) is 0 Å². The predicted octanol–water partition coefficient (Wildman–Crippen LogP) is 0.502. The summed E-state index contributed by atoms with van der Waals surface area (Å²) in [6.45, 7) is 2.13. The van der Waals surface area contributed by atoms with Crippen LogP contribution in [0.15, 0.2) is 35.2 Å². The zero-order chi connectivity index (χ0) is 15.1. The largest absolute Gasteiger partial charge is 0.355 e. The fourth-order valence-corrected chi connectivity index (χ4v) is 3.33. The third-order valence-electron chi connectivity index (χ3n) is 3.44. The van der Waals surface area contributed by atoms with E-state index in [-0.39, 0.29) is 35.7 Å². The lowest BCUT2D eigenvalue weighted by Crippen LogP contribution is -2.42. The third kappa shape index (κ3) is 5.57. The highest BCUT2D eigenvalue weighted by Crippen LogP contribution is 2.09. The van der Waals surface area contributed by atoms with Gasteiger partial charge in [-0.15, -0.1) is 12.4 Å². The van der Waals surface area contributed by atoms with E-state index in [1.165, 1.54) is 12.1 Å². The molecular weight excluding hydrogens is 326 g/mol. The Balaban J connectivity index is 0.00000242. The first-order valence-electron chi connectivity index (χ1n) is 7.13. The number of nitrogens with one attached hydrogen (secondary N) is 3. The smallest absolute Gasteiger partial charge is 0.240 e. The average Bonchev–Trinajstić information content (AvgIpc) is 2.53. The van der Waals surface area contributed by atoms with Crippen molar-refractivity contribution in [3.8, 4) is 0 Å². The van der Waals surface area contributed by atoms with Crippen LogP contribution in [0, 0.1) is 5.92 Å². The van der Waals surface area contributed by atoms with Crippen molar-refractivity contribution in [2.75, 3.05) is 26.2 Å². The molecule has 0 aromatic heterocycles. The van der Waals surface area contributed by atoms with E-state index in [9.17, 15) is 13.2 Å². The number of carbonyl (C=O) groups excluding carboxylic acids is 1. The normalized spacial score (nSPS) is 18.3. The Labute approximate surface area is 137 Å². The predicted molar refractivity (Wildman–Crippen MR) is 87.5 cm³/mol. The van der Waals surface area contributed by atoms with Gasteiger partial charge in [0.15, 0.2) is 0 Å². The number of carbonyl (C=O) groups is 1. The van der Waals surface area contributed by atoms with Crippen LogP contribution < -0.4 is 15.4 Å². The van der Waals surface area contributed by atoms with Gasteiger partial charge in [-0.05, 0) is 31.5 Å². The van der Waals surface area contributed by atoms with Gasteiger partial charge in [0, 0.05) is 19.6 Å². The van der Waals surface area contributed by atoms with Crippen LogP contribution in [-0.4, -0.2) is 40.5 Å². The molecule has 1 heterocycles. The molecule has 0 bridgehead atoms. The molecule has 0 saturated carbocycles. The second kappa shape index (κ2) is 9.09. The van der Waals surface area contributed by atoms with Crippen molar-refractivity contribution in [1.82, 2.24) is 15.4 Å². The van der Waals surface area contributed by atoms with Crippen LogP contribution in [-0.2, 0) is 14.8 Å². The van der Waals surface area contributed by atoms with Gasteiger partial charge in [-0.1, -0.05) is 18.2 Å². The lowest BCUT2D eigenvalue weighted by molar-refractivity contribution is -0.125. The molecule has 1 aliphatic heterocycles. The summed E-state index contributed by atoms with van der Waals surface area (Å²) in [5.41, 5.74) is 0. The van der Waals surface area contributed by atoms with Gasteiger partial charge in [-0.25, -0.2) is 13.1 Å². The minimum atomic E-state index is -3.50. The van der Waals surface area contributed by atoms with Crippen LogP contribution in [0.5, 0.6) is 0 Å². The Hall–Kier alpha value is -1.15. The molecule has 6 nitrogen and oxygen atoms in total. The van der Waals surface area contributed by atoms with E-state index in [0.717, 1.165) is 19.4 Å². The number of benzene rings is 1. The van der Waals surface area contributed by atoms with E-state index < -0.39 is 10.0 Å². The highest BCUT2D eigenvalue weighted by molar-refractivity contribution is 7.89. The summed E-state index contributed by atoms with van der Waals surface area (Å²) in [6.07, 6.45) is 1.88. The van der Waals surface area contributed by atoms with E-state index in [2.05, 4.69) is 15.4 Å². The van der Waals surface area contributed by atoms with Crippen molar-refractivity contribution < 1.29 is 13.2 Å². The Morgan fingerprint density at radius 1 is 1.23 bits per heavy atom. The van der Waals surface area contributed by atoms with Crippen molar-refractivity contribution in [2.45, 2.75) is 17.7 Å². The summed E-state index contributed by atoms with van der Waals surface area (Å²) in [4.78, 5) is 12.1. The van der Waals surface area contributed by atoms with Gasteiger partial charge in [0.1, 0.15) is 0 Å². The van der Waals surface area contributed by atoms with Crippen molar-refractivity contribution in [2.24, 2.45) is 5.92 Å². The Morgan fingerprint density at radius 2 is 1.95 bits per heavy atom. The molecule has 1 aliphatic rings. The highest BCUT2D eigenvalue weighted by atomic mass is 35.5. The summed E-state index contributed by atoms with van der Waals surface area (Å²) < 4.78 is 26.4. The molecule has 1 atom stereocenters. The van der Waals surface area contributed by atoms with Crippen molar-refractivity contribution in [3.63, 3.8) is 0 Å². The second-order valence-electron chi connectivity index (χ2n) is 5.05. The first-order valence-corrected chi connectivity index (χ1v) is 8.61. The van der Waals surface area contributed by atoms with E-state index in [0.29, 0.717) is 13.1 Å². The molecule has 1 aromatic carbocycles. The number of hydrogen-bond acceptors (Lipinski definition) is 4. The van der Waals surface area contributed by atoms with E-state index in [1.54, 1.807) is 18.2 Å². The lowest BCUT2D eigenvalue weighted by atomic mass is 9.99. The Morgan fingerprint density at radius 3 is 2.59 bits per heavy atom. The van der Waals surface area contributed by atoms with Crippen molar-refractivity contribution >= 4 is 28.3 Å². The van der Waals surface area contributed by atoms with E-state index >= 15 is 0 Å². The van der Waals surface area contributed by atoms with Gasteiger partial charge in [-0.3, -0.25) is 4.79 Å². The lowest BCUT2D eigenvalue weighted by Gasteiger charge is -2.21. The Bertz CT molecular complexity index is 560. The molecule has 0 spiro atoms. The molecule has 1 aromatic rings. The maximum Gasteiger partial charge on any atom is 0.240 e. The molecule has 2 rings (SSSR count). The quantitative estimate of drug-likeness (QED) is 0.654. The molecule has 0 aliphatic carbocycles. The summed E-state index contributed by atoms with van der Waals surface area (Å²) in [6, 6.07) is 8.18. The summed E-state index contributed by atoms with van der Waals surface area (Å²) in [7, 11) is -3.50. The van der Waals surface area contributed by atoms with Gasteiger partial charge < -0.3 is 10.6 Å². The molecule has 1 amide bonds. The summed E-state index contributed by atoms with van der Waals surface area (Å²) in [5, 5.41) is 5.95. The number of sulfonamides is 1. The maximum absolute atomic E-state index is 11.9. The molecule has 22 heavy (non-hydrogen) atoms. The molecule has 1 fully saturated rings. The molecule has 3 N–H and O–H groups in total. The van der Waals surface area contributed by atoms with Crippen LogP contribution >= 0.6 is 12.4 Å². The van der Waals surface area contributed by atoms with Crippen molar-refractivity contribution in [1.29, 1.82) is 0 Å². The molecule has 1 saturated heterocycles. The van der Waals surface area contributed by atoms with Gasteiger partial charge in [0.05, 0.1) is 10.8 Å². The van der Waals surface area contributed by atoms with E-state index in [4.69, 9.17) is 0 Å². The van der Waals surface area contributed by atoms with Crippen LogP contribution in [0.25, 0.3) is 0 Å². The first-order chi connectivity index (χ1) is 10.1. The third-order valence-corrected chi connectivity index (χ3v) is 4.91. The molecule has 124 valence electrons. The van der Waals surface area contributed by atoms with Gasteiger partial charge >= 0.3 is 0 Å².